The zero-order valence-corrected chi connectivity index (χ0v) is 22.8. The predicted molar refractivity (Wildman–Crippen MR) is 152 cm³/mol. The molecule has 3 N–H and O–H groups in total. The highest BCUT2D eigenvalue weighted by atomic mass is 35.5. The summed E-state index contributed by atoms with van der Waals surface area (Å²) in [5.41, 5.74) is 2.88. The first-order chi connectivity index (χ1) is 19.5. The zero-order valence-electron chi connectivity index (χ0n) is 21.2. The summed E-state index contributed by atoms with van der Waals surface area (Å²) >= 11 is 7.59. The summed E-state index contributed by atoms with van der Waals surface area (Å²) in [7, 11) is 0. The average Bonchev–Trinajstić information content (AvgIpc) is 3.28. The molecule has 5 rings (SSSR count). The fourth-order valence-electron chi connectivity index (χ4n) is 3.90. The molecule has 3 aromatic rings. The number of pyridine rings is 1. The number of fused-ring (bicyclic) bond motifs is 1. The van der Waals surface area contributed by atoms with Crippen LogP contribution in [0.25, 0.3) is 17.0 Å². The number of nitrogens with zero attached hydrogens (tertiary/aromatic N) is 3. The van der Waals surface area contributed by atoms with Crippen molar-refractivity contribution in [3.8, 4) is 0 Å². The Labute approximate surface area is 241 Å². The summed E-state index contributed by atoms with van der Waals surface area (Å²) in [5, 5.41) is 14.7. The smallest absolute Gasteiger partial charge is 0.475 e. The molecule has 0 saturated carbocycles. The maximum atomic E-state index is 12.5. The van der Waals surface area contributed by atoms with Gasteiger partial charge in [-0.2, -0.15) is 13.2 Å². The van der Waals surface area contributed by atoms with Crippen molar-refractivity contribution in [2.75, 3.05) is 18.4 Å². The minimum Gasteiger partial charge on any atom is -0.475 e. The van der Waals surface area contributed by atoms with E-state index in [1.54, 1.807) is 24.4 Å². The first kappa shape index (κ1) is 29.9. The fourth-order valence-corrected chi connectivity index (χ4v) is 4.90. The highest BCUT2D eigenvalue weighted by molar-refractivity contribution is 8.18. The van der Waals surface area contributed by atoms with Crippen LogP contribution in [0.3, 0.4) is 0 Å². The quantitative estimate of drug-likeness (QED) is 0.296. The van der Waals surface area contributed by atoms with Crippen LogP contribution in [0.15, 0.2) is 64.6 Å². The third-order valence-electron chi connectivity index (χ3n) is 5.88. The van der Waals surface area contributed by atoms with Crippen LogP contribution in [0.2, 0.25) is 5.02 Å². The Balaban J connectivity index is 0.000000493. The largest absolute Gasteiger partial charge is 0.490 e. The number of aromatic nitrogens is 1. The third kappa shape index (κ3) is 8.21. The molecule has 3 heterocycles. The number of halogens is 4. The summed E-state index contributed by atoms with van der Waals surface area (Å²) in [6, 6.07) is 14.7. The van der Waals surface area contributed by atoms with Crippen molar-refractivity contribution < 1.29 is 32.7 Å². The van der Waals surface area contributed by atoms with Crippen LogP contribution < -0.4 is 10.6 Å². The number of carbonyl (C=O) groups is 3. The van der Waals surface area contributed by atoms with Gasteiger partial charge in [-0.15, -0.1) is 0 Å². The molecule has 2 aliphatic heterocycles. The number of urea groups is 1. The normalized spacial score (nSPS) is 17.3. The fraction of sp³-hybridized carbons (Fsp3) is 0.222. The van der Waals surface area contributed by atoms with Gasteiger partial charge in [0.25, 0.3) is 5.91 Å². The number of likely N-dealkylation sites (tertiary alicyclic amines) is 1. The topological polar surface area (TPSA) is 124 Å². The van der Waals surface area contributed by atoms with Crippen LogP contribution in [0.1, 0.15) is 24.8 Å². The number of benzene rings is 2. The van der Waals surface area contributed by atoms with Gasteiger partial charge in [0.05, 0.1) is 21.1 Å². The maximum absolute atomic E-state index is 12.5. The number of hydrogen-bond donors (Lipinski definition) is 3. The van der Waals surface area contributed by atoms with Gasteiger partial charge in [0.15, 0.2) is 5.17 Å². The second-order valence-electron chi connectivity index (χ2n) is 8.88. The summed E-state index contributed by atoms with van der Waals surface area (Å²) in [6.45, 7) is 1.53. The molecule has 3 amide bonds. The standard InChI is InChI=1S/C25H22ClN5O2S.C2HF3O2/c26-19-8-7-18(28-25(33)31-11-2-1-3-12-31)15-21(19)29-24-30-23(32)22(34-24)14-16-6-9-20-17(13-16)5-4-10-27-20;3-2(4,5)1(6)7/h4-10,13-15H,1-3,11-12H2,(H,28,33)(H,29,30,32);(H,6,7). The van der Waals surface area contributed by atoms with Crippen LogP contribution in [0.5, 0.6) is 0 Å². The lowest BCUT2D eigenvalue weighted by atomic mass is 10.1. The Morgan fingerprint density at radius 3 is 2.56 bits per heavy atom. The first-order valence-electron chi connectivity index (χ1n) is 12.3. The van der Waals surface area contributed by atoms with Gasteiger partial charge in [-0.05, 0) is 79.1 Å². The van der Waals surface area contributed by atoms with Crippen LogP contribution in [-0.4, -0.2) is 57.3 Å². The molecule has 9 nitrogen and oxygen atoms in total. The molecule has 2 saturated heterocycles. The molecule has 2 aromatic carbocycles. The molecule has 0 atom stereocenters. The summed E-state index contributed by atoms with van der Waals surface area (Å²) in [6.07, 6.45) is 1.70. The Kier molecular flexibility index (Phi) is 9.50. The van der Waals surface area contributed by atoms with Crippen molar-refractivity contribution >= 4 is 74.8 Å². The zero-order chi connectivity index (χ0) is 29.6. The molecule has 14 heteroatoms. The van der Waals surface area contributed by atoms with E-state index in [0.717, 1.165) is 48.8 Å². The van der Waals surface area contributed by atoms with Crippen LogP contribution in [0.4, 0.5) is 29.3 Å². The van der Waals surface area contributed by atoms with E-state index < -0.39 is 12.1 Å². The number of thioether (sulfide) groups is 1. The second kappa shape index (κ2) is 13.0. The number of carboxylic acids is 1. The number of carboxylic acid groups (broad SMARTS) is 1. The van der Waals surface area contributed by atoms with Crippen LogP contribution >= 0.6 is 23.4 Å². The second-order valence-corrected chi connectivity index (χ2v) is 10.3. The van der Waals surface area contributed by atoms with Crippen molar-refractivity contribution in [2.45, 2.75) is 25.4 Å². The Morgan fingerprint density at radius 1 is 1.12 bits per heavy atom. The van der Waals surface area contributed by atoms with E-state index >= 15 is 0 Å². The molecule has 214 valence electrons. The van der Waals surface area contributed by atoms with Gasteiger partial charge in [0, 0.05) is 30.4 Å². The molecule has 0 radical (unpaired) electrons. The Hall–Kier alpha value is -4.10. The lowest BCUT2D eigenvalue weighted by Crippen LogP contribution is -2.38. The molecule has 0 unspecified atom stereocenters. The number of amidine groups is 1. The minimum atomic E-state index is -5.08. The van der Waals surface area contributed by atoms with Gasteiger partial charge >= 0.3 is 18.2 Å². The van der Waals surface area contributed by atoms with E-state index in [2.05, 4.69) is 20.6 Å². The maximum Gasteiger partial charge on any atom is 0.490 e. The molecular weight excluding hydrogens is 583 g/mol. The van der Waals surface area contributed by atoms with Crippen molar-refractivity contribution in [3.05, 3.63) is 70.2 Å². The average molecular weight is 606 g/mol. The predicted octanol–water partition coefficient (Wildman–Crippen LogP) is 6.43. The first-order valence-corrected chi connectivity index (χ1v) is 13.5. The van der Waals surface area contributed by atoms with Crippen molar-refractivity contribution in [1.29, 1.82) is 0 Å². The van der Waals surface area contributed by atoms with Crippen molar-refractivity contribution in [2.24, 2.45) is 4.99 Å². The summed E-state index contributed by atoms with van der Waals surface area (Å²) in [5.74, 6) is -2.98. The van der Waals surface area contributed by atoms with E-state index in [1.807, 2.05) is 41.3 Å². The Bertz CT molecular complexity index is 1540. The highest BCUT2D eigenvalue weighted by Gasteiger charge is 2.38. The number of anilines is 1. The number of amides is 3. The van der Waals surface area contributed by atoms with Crippen molar-refractivity contribution in [1.82, 2.24) is 15.2 Å². The molecule has 2 aliphatic rings. The molecule has 0 spiro atoms. The molecule has 0 bridgehead atoms. The van der Waals surface area contributed by atoms with E-state index in [-0.39, 0.29) is 11.9 Å². The lowest BCUT2D eigenvalue weighted by Gasteiger charge is -2.26. The van der Waals surface area contributed by atoms with Crippen LogP contribution in [0, 0.1) is 0 Å². The van der Waals surface area contributed by atoms with Crippen LogP contribution in [-0.2, 0) is 9.59 Å². The molecule has 2 fully saturated rings. The summed E-state index contributed by atoms with van der Waals surface area (Å²) in [4.78, 5) is 45.1. The monoisotopic (exact) mass is 605 g/mol. The SMILES string of the molecule is O=C(O)C(F)(F)F.O=C1NC(=Nc2cc(NC(=O)N3CCCCC3)ccc2Cl)SC1=Cc1ccc2ncccc2c1. The number of rotatable bonds is 3. The van der Waals surface area contributed by atoms with E-state index in [1.165, 1.54) is 11.8 Å². The number of alkyl halides is 3. The molecular formula is C27H23ClF3N5O4S. The number of hydrogen-bond acceptors (Lipinski definition) is 6. The number of aliphatic carboxylic acids is 1. The Morgan fingerprint density at radius 2 is 1.85 bits per heavy atom. The van der Waals surface area contributed by atoms with E-state index in [0.29, 0.717) is 26.5 Å². The molecule has 1 aromatic heterocycles. The minimum absolute atomic E-state index is 0.125. The van der Waals surface area contributed by atoms with Gasteiger partial charge in [-0.25, -0.2) is 14.6 Å². The number of carbonyl (C=O) groups excluding carboxylic acids is 2. The van der Waals surface area contributed by atoms with Gasteiger partial charge in [-0.1, -0.05) is 23.7 Å². The van der Waals surface area contributed by atoms with Gasteiger partial charge in [0.2, 0.25) is 0 Å². The lowest BCUT2D eigenvalue weighted by molar-refractivity contribution is -0.192. The van der Waals surface area contributed by atoms with Gasteiger partial charge < -0.3 is 20.6 Å². The number of piperidine rings is 1. The van der Waals surface area contributed by atoms with E-state index in [4.69, 9.17) is 21.5 Å². The van der Waals surface area contributed by atoms with Gasteiger partial charge in [-0.3, -0.25) is 9.78 Å². The number of nitrogens with one attached hydrogen (secondary N) is 2. The van der Waals surface area contributed by atoms with E-state index in [9.17, 15) is 22.8 Å². The molecule has 41 heavy (non-hydrogen) atoms. The third-order valence-corrected chi connectivity index (χ3v) is 7.11. The number of aliphatic imine (C=N–C) groups is 1. The van der Waals surface area contributed by atoms with Crippen molar-refractivity contribution in [3.63, 3.8) is 0 Å². The summed E-state index contributed by atoms with van der Waals surface area (Å²) < 4.78 is 31.7. The molecule has 0 aliphatic carbocycles. The van der Waals surface area contributed by atoms with Gasteiger partial charge in [0.1, 0.15) is 0 Å². The highest BCUT2D eigenvalue weighted by Crippen LogP contribution is 2.33.